The molecule has 2 aromatic heterocycles. The largest absolute Gasteiger partial charge is 0.272 e. The third-order valence-corrected chi connectivity index (χ3v) is 7.97. The molecule has 1 amide bonds. The predicted molar refractivity (Wildman–Crippen MR) is 139 cm³/mol. The Labute approximate surface area is 205 Å². The first kappa shape index (κ1) is 22.6. The van der Waals surface area contributed by atoms with Crippen LogP contribution in [0, 0.1) is 0 Å². The van der Waals surface area contributed by atoms with Crippen LogP contribution in [0.2, 0.25) is 0 Å². The van der Waals surface area contributed by atoms with Gasteiger partial charge in [0.25, 0.3) is 11.5 Å². The van der Waals surface area contributed by atoms with Crippen LogP contribution in [0.1, 0.15) is 35.8 Å². The van der Waals surface area contributed by atoms with E-state index >= 15 is 0 Å². The normalized spacial score (nSPS) is 13.6. The smallest absolute Gasteiger partial charge is 0.267 e. The molecule has 0 atom stereocenters. The molecule has 6 nitrogen and oxygen atoms in total. The van der Waals surface area contributed by atoms with Crippen molar-refractivity contribution in [1.29, 1.82) is 0 Å². The third kappa shape index (κ3) is 4.56. The standard InChI is InChI=1S/C26H24N4O2S2/c1-17(18-10-4-2-5-11-18)28-29-22(31)16-33-26-27-24-23(20-14-8-9-15-21(20)34-24)25(32)30(26)19-12-6-3-7-13-19/h2-7,10-13H,8-9,14-16H2,1H3,(H,29,31)/b28-17+. The molecular formula is C26H24N4O2S2. The highest BCUT2D eigenvalue weighted by atomic mass is 32.2. The Bertz CT molecular complexity index is 1430. The van der Waals surface area contributed by atoms with Crippen LogP contribution in [0.5, 0.6) is 0 Å². The minimum absolute atomic E-state index is 0.0588. The Kier molecular flexibility index (Phi) is 6.60. The molecule has 8 heteroatoms. The van der Waals surface area contributed by atoms with Crippen molar-refractivity contribution in [3.63, 3.8) is 0 Å². The number of nitrogens with zero attached hydrogens (tertiary/aromatic N) is 3. The van der Waals surface area contributed by atoms with Gasteiger partial charge in [-0.05, 0) is 55.9 Å². The number of hydrogen-bond donors (Lipinski definition) is 1. The minimum Gasteiger partial charge on any atom is -0.272 e. The summed E-state index contributed by atoms with van der Waals surface area (Å²) in [6.45, 7) is 1.85. The molecule has 0 radical (unpaired) electrons. The van der Waals surface area contributed by atoms with Crippen molar-refractivity contribution >= 4 is 44.9 Å². The summed E-state index contributed by atoms with van der Waals surface area (Å²) in [7, 11) is 0. The molecule has 0 saturated carbocycles. The van der Waals surface area contributed by atoms with Gasteiger partial charge in [-0.3, -0.25) is 14.2 Å². The van der Waals surface area contributed by atoms with Crippen molar-refractivity contribution in [2.45, 2.75) is 37.8 Å². The molecule has 0 spiro atoms. The number of hydrazone groups is 1. The molecule has 1 N–H and O–H groups in total. The van der Waals surface area contributed by atoms with Gasteiger partial charge in [-0.25, -0.2) is 10.4 Å². The molecular weight excluding hydrogens is 464 g/mol. The molecule has 0 saturated heterocycles. The second kappa shape index (κ2) is 9.95. The van der Waals surface area contributed by atoms with E-state index in [2.05, 4.69) is 10.5 Å². The van der Waals surface area contributed by atoms with Gasteiger partial charge in [0.2, 0.25) is 0 Å². The Hall–Kier alpha value is -3.23. The lowest BCUT2D eigenvalue weighted by molar-refractivity contribution is -0.118. The van der Waals surface area contributed by atoms with Gasteiger partial charge in [0.15, 0.2) is 5.16 Å². The molecule has 0 aliphatic heterocycles. The fourth-order valence-electron chi connectivity index (χ4n) is 4.14. The van der Waals surface area contributed by atoms with Crippen LogP contribution in [-0.2, 0) is 17.6 Å². The summed E-state index contributed by atoms with van der Waals surface area (Å²) >= 11 is 2.87. The van der Waals surface area contributed by atoms with E-state index in [4.69, 9.17) is 4.98 Å². The number of amides is 1. The molecule has 0 bridgehead atoms. The average Bonchev–Trinajstić information content (AvgIpc) is 3.25. The summed E-state index contributed by atoms with van der Waals surface area (Å²) in [5.41, 5.74) is 6.14. The predicted octanol–water partition coefficient (Wildman–Crippen LogP) is 4.96. The number of rotatable bonds is 6. The van der Waals surface area contributed by atoms with Gasteiger partial charge in [0.05, 0.1) is 22.5 Å². The minimum atomic E-state index is -0.250. The zero-order valence-corrected chi connectivity index (χ0v) is 20.4. The summed E-state index contributed by atoms with van der Waals surface area (Å²) in [6, 6.07) is 19.2. The molecule has 0 fully saturated rings. The van der Waals surface area contributed by atoms with Crippen molar-refractivity contribution in [1.82, 2.24) is 15.0 Å². The maximum absolute atomic E-state index is 13.7. The van der Waals surface area contributed by atoms with Gasteiger partial charge in [0.1, 0.15) is 4.83 Å². The zero-order chi connectivity index (χ0) is 23.5. The maximum Gasteiger partial charge on any atom is 0.267 e. The van der Waals surface area contributed by atoms with E-state index in [9.17, 15) is 9.59 Å². The number of carbonyl (C=O) groups is 1. The van der Waals surface area contributed by atoms with Gasteiger partial charge in [0, 0.05) is 4.88 Å². The summed E-state index contributed by atoms with van der Waals surface area (Å²) in [4.78, 5) is 33.2. The second-order valence-electron chi connectivity index (χ2n) is 8.15. The van der Waals surface area contributed by atoms with Crippen molar-refractivity contribution in [2.24, 2.45) is 5.10 Å². The van der Waals surface area contributed by atoms with Crippen LogP contribution in [0.15, 0.2) is 75.7 Å². The first-order valence-electron chi connectivity index (χ1n) is 11.3. The van der Waals surface area contributed by atoms with Crippen LogP contribution in [0.4, 0.5) is 0 Å². The van der Waals surface area contributed by atoms with Crippen LogP contribution < -0.4 is 11.0 Å². The number of carbonyl (C=O) groups excluding carboxylic acids is 1. The molecule has 34 heavy (non-hydrogen) atoms. The van der Waals surface area contributed by atoms with Crippen LogP contribution in [0.3, 0.4) is 0 Å². The first-order chi connectivity index (χ1) is 16.6. The van der Waals surface area contributed by atoms with Crippen LogP contribution in [-0.4, -0.2) is 26.9 Å². The monoisotopic (exact) mass is 488 g/mol. The highest BCUT2D eigenvalue weighted by molar-refractivity contribution is 7.99. The van der Waals surface area contributed by atoms with E-state index in [1.807, 2.05) is 67.6 Å². The van der Waals surface area contributed by atoms with E-state index in [0.29, 0.717) is 5.16 Å². The third-order valence-electron chi connectivity index (χ3n) is 5.84. The van der Waals surface area contributed by atoms with Crippen molar-refractivity contribution in [3.8, 4) is 5.69 Å². The number of fused-ring (bicyclic) bond motifs is 3. The zero-order valence-electron chi connectivity index (χ0n) is 18.8. The highest BCUT2D eigenvalue weighted by Gasteiger charge is 2.23. The van der Waals surface area contributed by atoms with Gasteiger partial charge < -0.3 is 0 Å². The molecule has 2 aromatic carbocycles. The number of aryl methyl sites for hydroxylation is 2. The quantitative estimate of drug-likeness (QED) is 0.180. The van der Waals surface area contributed by atoms with Gasteiger partial charge in [-0.1, -0.05) is 60.3 Å². The van der Waals surface area contributed by atoms with E-state index in [-0.39, 0.29) is 17.2 Å². The highest BCUT2D eigenvalue weighted by Crippen LogP contribution is 2.35. The molecule has 5 rings (SSSR count). The number of benzene rings is 2. The van der Waals surface area contributed by atoms with Gasteiger partial charge >= 0.3 is 0 Å². The van der Waals surface area contributed by atoms with Crippen LogP contribution in [0.25, 0.3) is 15.9 Å². The number of hydrogen-bond acceptors (Lipinski definition) is 6. The number of thioether (sulfide) groups is 1. The molecule has 2 heterocycles. The summed E-state index contributed by atoms with van der Waals surface area (Å²) in [6.07, 6.45) is 4.18. The summed E-state index contributed by atoms with van der Waals surface area (Å²) in [5, 5.41) is 5.47. The lowest BCUT2D eigenvalue weighted by Gasteiger charge is -2.13. The van der Waals surface area contributed by atoms with Gasteiger partial charge in [-0.15, -0.1) is 11.3 Å². The van der Waals surface area contributed by atoms with E-state index in [0.717, 1.165) is 58.4 Å². The Morgan fingerprint density at radius 1 is 1.09 bits per heavy atom. The molecule has 4 aromatic rings. The Morgan fingerprint density at radius 3 is 2.56 bits per heavy atom. The number of thiophene rings is 1. The lowest BCUT2D eigenvalue weighted by atomic mass is 9.97. The molecule has 1 aliphatic carbocycles. The van der Waals surface area contributed by atoms with E-state index in [1.54, 1.807) is 15.9 Å². The van der Waals surface area contributed by atoms with E-state index in [1.165, 1.54) is 16.6 Å². The van der Waals surface area contributed by atoms with E-state index < -0.39 is 0 Å². The maximum atomic E-state index is 13.7. The fourth-order valence-corrected chi connectivity index (χ4v) is 6.25. The summed E-state index contributed by atoms with van der Waals surface area (Å²) in [5.74, 6) is -0.152. The molecule has 0 unspecified atom stereocenters. The molecule has 1 aliphatic rings. The summed E-state index contributed by atoms with van der Waals surface area (Å²) < 4.78 is 1.64. The SMILES string of the molecule is C/C(=N\NC(=O)CSc1nc2sc3c(c2c(=O)n1-c1ccccc1)CCCC3)c1ccccc1. The number of nitrogens with one attached hydrogen (secondary N) is 1. The average molecular weight is 489 g/mol. The van der Waals surface area contributed by atoms with Crippen molar-refractivity contribution in [3.05, 3.63) is 87.0 Å². The topological polar surface area (TPSA) is 76.3 Å². The van der Waals surface area contributed by atoms with Crippen molar-refractivity contribution < 1.29 is 4.79 Å². The van der Waals surface area contributed by atoms with Crippen molar-refractivity contribution in [2.75, 3.05) is 5.75 Å². The van der Waals surface area contributed by atoms with Crippen LogP contribution >= 0.6 is 23.1 Å². The van der Waals surface area contributed by atoms with Gasteiger partial charge in [-0.2, -0.15) is 5.10 Å². The number of aromatic nitrogens is 2. The Balaban J connectivity index is 1.44. The lowest BCUT2D eigenvalue weighted by Crippen LogP contribution is -2.24. The molecule has 172 valence electrons. The fraction of sp³-hybridized carbons (Fsp3) is 0.231. The number of para-hydroxylation sites is 1. The Morgan fingerprint density at radius 2 is 1.79 bits per heavy atom. The first-order valence-corrected chi connectivity index (χ1v) is 13.1. The second-order valence-corrected chi connectivity index (χ2v) is 10.2.